The van der Waals surface area contributed by atoms with Crippen molar-refractivity contribution >= 4 is 5.91 Å². The minimum atomic E-state index is -0.581. The Balaban J connectivity index is 1.69. The van der Waals surface area contributed by atoms with Gasteiger partial charge in [-0.2, -0.15) is 0 Å². The van der Waals surface area contributed by atoms with Crippen LogP contribution < -0.4 is 10.1 Å². The number of amides is 1. The Bertz CT molecular complexity index is 991. The van der Waals surface area contributed by atoms with Gasteiger partial charge in [-0.05, 0) is 69.0 Å². The van der Waals surface area contributed by atoms with Gasteiger partial charge in [0.15, 0.2) is 6.10 Å². The lowest BCUT2D eigenvalue weighted by Gasteiger charge is -2.18. The average Bonchev–Trinajstić information content (AvgIpc) is 3.09. The molecular formula is C23H27N3O2. The molecule has 28 heavy (non-hydrogen) atoms. The number of nitrogens with zero attached hydrogens (tertiary/aromatic N) is 2. The molecule has 0 fully saturated rings. The van der Waals surface area contributed by atoms with E-state index in [1.54, 1.807) is 13.1 Å². The van der Waals surface area contributed by atoms with Crippen LogP contribution in [0.1, 0.15) is 35.0 Å². The van der Waals surface area contributed by atoms with Gasteiger partial charge >= 0.3 is 0 Å². The number of aryl methyl sites for hydroxylation is 3. The summed E-state index contributed by atoms with van der Waals surface area (Å²) in [6.45, 7) is 10.2. The maximum absolute atomic E-state index is 12.6. The summed E-state index contributed by atoms with van der Waals surface area (Å²) in [6.07, 6.45) is 3.11. The van der Waals surface area contributed by atoms with Gasteiger partial charge in [-0.15, -0.1) is 0 Å². The lowest BCUT2D eigenvalue weighted by Crippen LogP contribution is -2.36. The van der Waals surface area contributed by atoms with Crippen LogP contribution >= 0.6 is 0 Å². The highest BCUT2D eigenvalue weighted by molar-refractivity contribution is 5.80. The number of benzene rings is 2. The molecular weight excluding hydrogens is 350 g/mol. The molecule has 0 spiro atoms. The summed E-state index contributed by atoms with van der Waals surface area (Å²) in [5.41, 5.74) is 5.37. The van der Waals surface area contributed by atoms with Gasteiger partial charge < -0.3 is 14.6 Å². The zero-order chi connectivity index (χ0) is 20.3. The van der Waals surface area contributed by atoms with Crippen molar-refractivity contribution in [1.29, 1.82) is 0 Å². The molecule has 1 aromatic heterocycles. The number of rotatable bonds is 6. The maximum atomic E-state index is 12.6. The number of para-hydroxylation sites is 1. The quantitative estimate of drug-likeness (QED) is 0.701. The van der Waals surface area contributed by atoms with Crippen molar-refractivity contribution in [2.45, 2.75) is 47.3 Å². The van der Waals surface area contributed by atoms with Gasteiger partial charge in [-0.25, -0.2) is 4.98 Å². The monoisotopic (exact) mass is 377 g/mol. The minimum absolute atomic E-state index is 0.143. The molecule has 0 radical (unpaired) electrons. The third kappa shape index (κ3) is 4.25. The normalized spacial score (nSPS) is 11.9. The Morgan fingerprint density at radius 1 is 1.18 bits per heavy atom. The van der Waals surface area contributed by atoms with E-state index in [1.807, 2.05) is 61.9 Å². The van der Waals surface area contributed by atoms with Crippen LogP contribution in [0.2, 0.25) is 0 Å². The second-order valence-electron chi connectivity index (χ2n) is 7.16. The van der Waals surface area contributed by atoms with Crippen molar-refractivity contribution in [1.82, 2.24) is 14.9 Å². The average molecular weight is 377 g/mol. The number of aromatic nitrogens is 2. The number of ether oxygens (including phenoxy) is 1. The summed E-state index contributed by atoms with van der Waals surface area (Å²) in [5.74, 6) is 1.52. The molecule has 1 N–H and O–H groups in total. The summed E-state index contributed by atoms with van der Waals surface area (Å²) in [4.78, 5) is 16.9. The second kappa shape index (κ2) is 8.30. The Labute approximate surface area is 166 Å². The van der Waals surface area contributed by atoms with Gasteiger partial charge in [0.05, 0.1) is 5.69 Å². The first-order valence-corrected chi connectivity index (χ1v) is 9.47. The zero-order valence-electron chi connectivity index (χ0n) is 17.1. The van der Waals surface area contributed by atoms with Crippen LogP contribution in [0.4, 0.5) is 0 Å². The molecule has 5 heteroatoms. The van der Waals surface area contributed by atoms with Crippen LogP contribution in [0.15, 0.2) is 48.8 Å². The van der Waals surface area contributed by atoms with Gasteiger partial charge in [-0.3, -0.25) is 4.79 Å². The number of imidazole rings is 1. The van der Waals surface area contributed by atoms with Crippen LogP contribution in [-0.4, -0.2) is 21.6 Å². The lowest BCUT2D eigenvalue weighted by atomic mass is 10.1. The van der Waals surface area contributed by atoms with Crippen molar-refractivity contribution in [3.63, 3.8) is 0 Å². The van der Waals surface area contributed by atoms with E-state index < -0.39 is 6.10 Å². The number of carbonyl (C=O) groups excluding carboxylic acids is 1. The second-order valence-corrected chi connectivity index (χ2v) is 7.16. The Morgan fingerprint density at radius 3 is 2.64 bits per heavy atom. The molecule has 0 aliphatic rings. The predicted octanol–water partition coefficient (Wildman–Crippen LogP) is 4.19. The van der Waals surface area contributed by atoms with E-state index in [2.05, 4.69) is 23.3 Å². The summed E-state index contributed by atoms with van der Waals surface area (Å²) in [7, 11) is 0. The van der Waals surface area contributed by atoms with Gasteiger partial charge in [-0.1, -0.05) is 24.3 Å². The number of carbonyl (C=O) groups is 1. The molecule has 0 saturated heterocycles. The molecule has 3 aromatic rings. The fourth-order valence-electron chi connectivity index (χ4n) is 3.22. The number of hydrogen-bond acceptors (Lipinski definition) is 3. The van der Waals surface area contributed by atoms with Crippen LogP contribution in [0, 0.1) is 27.7 Å². The van der Waals surface area contributed by atoms with E-state index in [0.29, 0.717) is 6.54 Å². The van der Waals surface area contributed by atoms with Crippen LogP contribution in [0.3, 0.4) is 0 Å². The zero-order valence-corrected chi connectivity index (χ0v) is 17.1. The highest BCUT2D eigenvalue weighted by Crippen LogP contribution is 2.24. The molecule has 0 bridgehead atoms. The summed E-state index contributed by atoms with van der Waals surface area (Å²) >= 11 is 0. The number of nitrogens with one attached hydrogen (secondary N) is 1. The lowest BCUT2D eigenvalue weighted by molar-refractivity contribution is -0.127. The fourth-order valence-corrected chi connectivity index (χ4v) is 3.22. The first-order valence-electron chi connectivity index (χ1n) is 9.47. The van der Waals surface area contributed by atoms with E-state index in [0.717, 1.165) is 39.5 Å². The van der Waals surface area contributed by atoms with Crippen LogP contribution in [0.25, 0.3) is 5.69 Å². The van der Waals surface area contributed by atoms with Gasteiger partial charge in [0.2, 0.25) is 0 Å². The molecule has 1 amide bonds. The van der Waals surface area contributed by atoms with E-state index in [-0.39, 0.29) is 5.91 Å². The Morgan fingerprint density at radius 2 is 1.93 bits per heavy atom. The van der Waals surface area contributed by atoms with E-state index in [4.69, 9.17) is 4.74 Å². The van der Waals surface area contributed by atoms with Crippen LogP contribution in [-0.2, 0) is 11.3 Å². The van der Waals surface area contributed by atoms with Gasteiger partial charge in [0.25, 0.3) is 5.91 Å². The van der Waals surface area contributed by atoms with Crippen molar-refractivity contribution in [2.75, 3.05) is 0 Å². The minimum Gasteiger partial charge on any atom is -0.481 e. The molecule has 146 valence electrons. The van der Waals surface area contributed by atoms with Crippen molar-refractivity contribution in [3.8, 4) is 11.4 Å². The van der Waals surface area contributed by atoms with E-state index in [1.165, 1.54) is 0 Å². The van der Waals surface area contributed by atoms with Crippen molar-refractivity contribution in [3.05, 3.63) is 76.9 Å². The topological polar surface area (TPSA) is 56.1 Å². The first kappa shape index (κ1) is 19.7. The third-order valence-corrected chi connectivity index (χ3v) is 4.97. The molecule has 2 aromatic carbocycles. The summed E-state index contributed by atoms with van der Waals surface area (Å²) in [6, 6.07) is 12.1. The molecule has 0 saturated carbocycles. The van der Waals surface area contributed by atoms with Crippen molar-refractivity contribution in [2.24, 2.45) is 0 Å². The largest absolute Gasteiger partial charge is 0.481 e. The van der Waals surface area contributed by atoms with Gasteiger partial charge in [0, 0.05) is 18.9 Å². The molecule has 1 atom stereocenters. The third-order valence-electron chi connectivity index (χ3n) is 4.97. The smallest absolute Gasteiger partial charge is 0.261 e. The number of hydrogen-bond donors (Lipinski definition) is 1. The molecule has 0 unspecified atom stereocenters. The van der Waals surface area contributed by atoms with Crippen LogP contribution in [0.5, 0.6) is 5.75 Å². The molecule has 5 nitrogen and oxygen atoms in total. The highest BCUT2D eigenvalue weighted by Gasteiger charge is 2.17. The fraction of sp³-hybridized carbons (Fsp3) is 0.304. The predicted molar refractivity (Wildman–Crippen MR) is 111 cm³/mol. The molecule has 1 heterocycles. The highest BCUT2D eigenvalue weighted by atomic mass is 16.5. The van der Waals surface area contributed by atoms with Gasteiger partial charge in [0.1, 0.15) is 11.6 Å². The van der Waals surface area contributed by atoms with Crippen molar-refractivity contribution < 1.29 is 9.53 Å². The molecule has 3 rings (SSSR count). The summed E-state index contributed by atoms with van der Waals surface area (Å²) < 4.78 is 7.97. The first-order chi connectivity index (χ1) is 13.4. The standard InChI is InChI=1S/C23H27N3O2/c1-15-12-16(2)17(3)22(13-15)28-18(4)23(27)25-14-20-8-6-7-9-21(20)26-11-10-24-19(26)5/h6-13,18H,14H2,1-5H3,(H,25,27)/t18-/m1/s1. The van der Waals surface area contributed by atoms with E-state index >= 15 is 0 Å². The SMILES string of the molecule is Cc1cc(C)c(C)c(O[C@H](C)C(=O)NCc2ccccc2-n2ccnc2C)c1. The Kier molecular flexibility index (Phi) is 5.83. The molecule has 0 aliphatic carbocycles. The summed E-state index contributed by atoms with van der Waals surface area (Å²) in [5, 5.41) is 2.99. The Hall–Kier alpha value is -3.08. The molecule has 0 aliphatic heterocycles. The maximum Gasteiger partial charge on any atom is 0.261 e. The van der Waals surface area contributed by atoms with E-state index in [9.17, 15) is 4.79 Å².